The molecule has 0 bridgehead atoms. The van der Waals surface area contributed by atoms with E-state index in [2.05, 4.69) is 15.0 Å². The Balaban J connectivity index is 1.26. The second kappa shape index (κ2) is 10.8. The smallest absolute Gasteiger partial charge is 0.251 e. The van der Waals surface area contributed by atoms with E-state index in [1.165, 1.54) is 44.0 Å². The highest BCUT2D eigenvalue weighted by molar-refractivity contribution is 7.89. The number of rotatable bonds is 11. The van der Waals surface area contributed by atoms with Gasteiger partial charge in [-0.3, -0.25) is 9.59 Å². The Bertz CT molecular complexity index is 1280. The Hall–Kier alpha value is -3.56. The van der Waals surface area contributed by atoms with Crippen molar-refractivity contribution in [3.05, 3.63) is 89.1 Å². The van der Waals surface area contributed by atoms with E-state index in [-0.39, 0.29) is 23.1 Å². The van der Waals surface area contributed by atoms with E-state index in [0.717, 1.165) is 5.56 Å². The van der Waals surface area contributed by atoms with Gasteiger partial charge in [0, 0.05) is 36.5 Å². The molecule has 1 aromatic heterocycles. The zero-order chi connectivity index (χ0) is 24.8. The maximum Gasteiger partial charge on any atom is 0.251 e. The van der Waals surface area contributed by atoms with Gasteiger partial charge in [-0.15, -0.1) is 0 Å². The second-order valence-corrected chi connectivity index (χ2v) is 10.3. The summed E-state index contributed by atoms with van der Waals surface area (Å²) in [6, 6.07) is 16.1. The minimum Gasteiger partial charge on any atom is -0.477 e. The van der Waals surface area contributed by atoms with Gasteiger partial charge < -0.3 is 10.1 Å². The van der Waals surface area contributed by atoms with E-state index in [0.29, 0.717) is 41.6 Å². The molecular formula is C26H27N3O5S. The number of amides is 1. The largest absolute Gasteiger partial charge is 0.477 e. The molecule has 182 valence electrons. The lowest BCUT2D eigenvalue weighted by atomic mass is 10.1. The quantitative estimate of drug-likeness (QED) is 0.395. The van der Waals surface area contributed by atoms with Crippen molar-refractivity contribution >= 4 is 21.7 Å². The summed E-state index contributed by atoms with van der Waals surface area (Å²) in [6.45, 7) is 2.53. The first-order valence-corrected chi connectivity index (χ1v) is 12.8. The van der Waals surface area contributed by atoms with Crippen LogP contribution < -0.4 is 14.8 Å². The third-order valence-electron chi connectivity index (χ3n) is 5.67. The number of hydrogen-bond acceptors (Lipinski definition) is 6. The van der Waals surface area contributed by atoms with Crippen molar-refractivity contribution in [1.82, 2.24) is 15.0 Å². The van der Waals surface area contributed by atoms with Crippen molar-refractivity contribution < 1.29 is 22.7 Å². The Morgan fingerprint density at radius 1 is 0.914 bits per heavy atom. The number of nitrogens with zero attached hydrogens (tertiary/aromatic N) is 1. The van der Waals surface area contributed by atoms with Gasteiger partial charge in [0.25, 0.3) is 5.91 Å². The summed E-state index contributed by atoms with van der Waals surface area (Å²) in [5.41, 5.74) is 2.48. The zero-order valence-corrected chi connectivity index (χ0v) is 20.2. The van der Waals surface area contributed by atoms with Crippen LogP contribution in [0.4, 0.5) is 0 Å². The monoisotopic (exact) mass is 493 g/mol. The van der Waals surface area contributed by atoms with Crippen LogP contribution in [0.2, 0.25) is 0 Å². The number of nitrogens with one attached hydrogen (secondary N) is 2. The molecule has 9 heteroatoms. The van der Waals surface area contributed by atoms with Gasteiger partial charge >= 0.3 is 0 Å². The third kappa shape index (κ3) is 6.97. The molecule has 4 rings (SSSR count). The van der Waals surface area contributed by atoms with Crippen LogP contribution in [0.1, 0.15) is 51.6 Å². The zero-order valence-electron chi connectivity index (χ0n) is 19.4. The van der Waals surface area contributed by atoms with Gasteiger partial charge in [-0.2, -0.15) is 0 Å². The van der Waals surface area contributed by atoms with Gasteiger partial charge in [0.15, 0.2) is 5.78 Å². The number of sulfonamides is 1. The van der Waals surface area contributed by atoms with Crippen molar-refractivity contribution in [3.8, 4) is 5.88 Å². The lowest BCUT2D eigenvalue weighted by Crippen LogP contribution is -2.24. The predicted molar refractivity (Wildman–Crippen MR) is 131 cm³/mol. The topological polar surface area (TPSA) is 114 Å². The van der Waals surface area contributed by atoms with E-state index < -0.39 is 10.0 Å². The normalized spacial score (nSPS) is 13.3. The third-order valence-corrected chi connectivity index (χ3v) is 7.09. The minimum absolute atomic E-state index is 0.0690. The predicted octanol–water partition coefficient (Wildman–Crippen LogP) is 3.48. The van der Waals surface area contributed by atoms with Crippen molar-refractivity contribution in [2.45, 2.75) is 37.8 Å². The molecule has 1 saturated carbocycles. The maximum atomic E-state index is 12.5. The van der Waals surface area contributed by atoms with Gasteiger partial charge in [-0.25, -0.2) is 18.1 Å². The molecule has 1 aliphatic rings. The van der Waals surface area contributed by atoms with Crippen LogP contribution >= 0.6 is 0 Å². The lowest BCUT2D eigenvalue weighted by Gasteiger charge is -2.09. The number of hydrogen-bond donors (Lipinski definition) is 2. The molecule has 1 aliphatic carbocycles. The fourth-order valence-electron chi connectivity index (χ4n) is 3.28. The first-order chi connectivity index (χ1) is 16.8. The number of Topliss-reactive ketones (excluding diaryl/α,β-unsaturated/α-hetero) is 1. The van der Waals surface area contributed by atoms with Gasteiger partial charge in [-0.05, 0) is 61.1 Å². The lowest BCUT2D eigenvalue weighted by molar-refractivity contribution is 0.0950. The van der Waals surface area contributed by atoms with Gasteiger partial charge in [0.2, 0.25) is 15.9 Å². The van der Waals surface area contributed by atoms with Crippen molar-refractivity contribution in [3.63, 3.8) is 0 Å². The number of pyridine rings is 1. The summed E-state index contributed by atoms with van der Waals surface area (Å²) in [5.74, 6) is 0.880. The van der Waals surface area contributed by atoms with Crippen LogP contribution in [0.5, 0.6) is 5.88 Å². The Kier molecular flexibility index (Phi) is 7.57. The maximum absolute atomic E-state index is 12.5. The standard InChI is InChI=1S/C26H27N3O5S/c1-18(30)22-9-11-24(12-10-22)35(32,33)29-16-19-4-7-23(8-5-19)26(31)28-15-21-6-13-25(27-14-21)34-17-20-2-3-20/h4-14,20,29H,2-3,15-17H2,1H3,(H,28,31). The van der Waals surface area contributed by atoms with Crippen molar-refractivity contribution in [1.29, 1.82) is 0 Å². The van der Waals surface area contributed by atoms with Gasteiger partial charge in [-0.1, -0.05) is 30.3 Å². The van der Waals surface area contributed by atoms with Crippen LogP contribution in [0.15, 0.2) is 71.8 Å². The highest BCUT2D eigenvalue weighted by atomic mass is 32.2. The molecule has 2 aromatic carbocycles. The summed E-state index contributed by atoms with van der Waals surface area (Å²) in [5, 5.41) is 2.85. The summed E-state index contributed by atoms with van der Waals surface area (Å²) in [4.78, 5) is 28.2. The summed E-state index contributed by atoms with van der Waals surface area (Å²) >= 11 is 0. The highest BCUT2D eigenvalue weighted by Crippen LogP contribution is 2.29. The van der Waals surface area contributed by atoms with E-state index in [4.69, 9.17) is 4.74 Å². The molecule has 1 fully saturated rings. The van der Waals surface area contributed by atoms with Crippen LogP contribution in [0.25, 0.3) is 0 Å². The molecule has 3 aromatic rings. The molecule has 1 heterocycles. The van der Waals surface area contributed by atoms with Gasteiger partial charge in [0.1, 0.15) is 0 Å². The Morgan fingerprint density at radius 3 is 2.17 bits per heavy atom. The Labute approximate surface area is 204 Å². The van der Waals surface area contributed by atoms with E-state index in [1.807, 2.05) is 6.07 Å². The first kappa shape index (κ1) is 24.6. The molecule has 8 nitrogen and oxygen atoms in total. The number of ketones is 1. The fourth-order valence-corrected chi connectivity index (χ4v) is 4.30. The molecule has 0 aliphatic heterocycles. The number of benzene rings is 2. The number of aromatic nitrogens is 1. The van der Waals surface area contributed by atoms with Crippen LogP contribution in [0.3, 0.4) is 0 Å². The molecule has 2 N–H and O–H groups in total. The minimum atomic E-state index is -3.73. The molecule has 1 amide bonds. The van der Waals surface area contributed by atoms with E-state index >= 15 is 0 Å². The van der Waals surface area contributed by atoms with Crippen molar-refractivity contribution in [2.75, 3.05) is 6.61 Å². The van der Waals surface area contributed by atoms with E-state index in [9.17, 15) is 18.0 Å². The highest BCUT2D eigenvalue weighted by Gasteiger charge is 2.22. The average Bonchev–Trinajstić information content (AvgIpc) is 3.70. The molecule has 0 saturated heterocycles. The SMILES string of the molecule is CC(=O)c1ccc(S(=O)(=O)NCc2ccc(C(=O)NCc3ccc(OCC4CC4)nc3)cc2)cc1. The number of carbonyl (C=O) groups excluding carboxylic acids is 2. The number of ether oxygens (including phenoxy) is 1. The molecule has 0 radical (unpaired) electrons. The Morgan fingerprint density at radius 2 is 1.57 bits per heavy atom. The number of carbonyl (C=O) groups is 2. The first-order valence-electron chi connectivity index (χ1n) is 11.4. The molecule has 0 spiro atoms. The fraction of sp³-hybridized carbons (Fsp3) is 0.269. The average molecular weight is 494 g/mol. The molecular weight excluding hydrogens is 466 g/mol. The molecule has 0 atom stereocenters. The van der Waals surface area contributed by atoms with Crippen molar-refractivity contribution in [2.24, 2.45) is 5.92 Å². The van der Waals surface area contributed by atoms with Crippen LogP contribution in [0, 0.1) is 5.92 Å². The van der Waals surface area contributed by atoms with Gasteiger partial charge in [0.05, 0.1) is 11.5 Å². The molecule has 35 heavy (non-hydrogen) atoms. The van der Waals surface area contributed by atoms with Crippen LogP contribution in [-0.4, -0.2) is 31.7 Å². The molecule has 0 unspecified atom stereocenters. The second-order valence-electron chi connectivity index (χ2n) is 8.54. The summed E-state index contributed by atoms with van der Waals surface area (Å²) in [6.07, 6.45) is 4.13. The van der Waals surface area contributed by atoms with Crippen LogP contribution in [-0.2, 0) is 23.1 Å². The summed E-state index contributed by atoms with van der Waals surface area (Å²) < 4.78 is 33.1. The van der Waals surface area contributed by atoms with E-state index in [1.54, 1.807) is 36.5 Å². The summed E-state index contributed by atoms with van der Waals surface area (Å²) in [7, 11) is -3.73.